The van der Waals surface area contributed by atoms with E-state index in [0.717, 1.165) is 77.3 Å². The van der Waals surface area contributed by atoms with E-state index in [-0.39, 0.29) is 12.6 Å². The number of hydrogen-bond acceptors (Lipinski definition) is 7. The lowest BCUT2D eigenvalue weighted by Crippen LogP contribution is -2.29. The predicted molar refractivity (Wildman–Crippen MR) is 202 cm³/mol. The van der Waals surface area contributed by atoms with Crippen molar-refractivity contribution in [1.82, 2.24) is 4.90 Å². The number of esters is 1. The Morgan fingerprint density at radius 3 is 1.42 bits per heavy atom. The topological polar surface area (TPSA) is 85.3 Å². The Hall–Kier alpha value is -1.34. The van der Waals surface area contributed by atoms with Gasteiger partial charge in [-0.25, -0.2) is 4.79 Å². The van der Waals surface area contributed by atoms with Gasteiger partial charge in [-0.1, -0.05) is 149 Å². The summed E-state index contributed by atoms with van der Waals surface area (Å²) in [5.74, 6) is 0.500. The summed E-state index contributed by atoms with van der Waals surface area (Å²) in [5.41, 5.74) is 0. The molecule has 0 amide bonds. The third-order valence-electron chi connectivity index (χ3n) is 9.49. The van der Waals surface area contributed by atoms with E-state index in [4.69, 9.17) is 14.2 Å². The standard InChI is InChI=1S/C41H81NO6/c1-4-7-10-13-15-20-27-36-46-41(45)47-37-28-21-19-26-33-42(34-35-43)32-25-18-17-24-31-40(44)48-38-39(29-22-12-9-6-3)30-23-16-14-11-8-5-2/h39,43H,4-38H2,1-3H3. The Morgan fingerprint density at radius 2 is 0.917 bits per heavy atom. The van der Waals surface area contributed by atoms with Crippen LogP contribution < -0.4 is 0 Å². The number of aliphatic hydroxyl groups is 1. The lowest BCUT2D eigenvalue weighted by molar-refractivity contribution is -0.145. The van der Waals surface area contributed by atoms with Crippen molar-refractivity contribution in [3.05, 3.63) is 0 Å². The SMILES string of the molecule is CCCCCCCCCOC(=O)OCCCCCCN(CCO)CCCCCCC(=O)OCC(CCCCCC)CCCCCCCC. The second-order valence-corrected chi connectivity index (χ2v) is 14.2. The van der Waals surface area contributed by atoms with E-state index in [1.807, 2.05) is 0 Å². The average Bonchev–Trinajstić information content (AvgIpc) is 3.08. The minimum atomic E-state index is -0.535. The quantitative estimate of drug-likeness (QED) is 0.0512. The van der Waals surface area contributed by atoms with Crippen LogP contribution in [0.2, 0.25) is 0 Å². The number of aliphatic hydroxyl groups excluding tert-OH is 1. The van der Waals surface area contributed by atoms with Crippen molar-refractivity contribution < 1.29 is 28.9 Å². The molecule has 1 atom stereocenters. The monoisotopic (exact) mass is 684 g/mol. The first-order chi connectivity index (χ1) is 23.6. The van der Waals surface area contributed by atoms with E-state index in [1.165, 1.54) is 109 Å². The molecule has 1 N–H and O–H groups in total. The molecule has 7 nitrogen and oxygen atoms in total. The zero-order chi connectivity index (χ0) is 35.2. The van der Waals surface area contributed by atoms with Crippen molar-refractivity contribution in [2.24, 2.45) is 5.92 Å². The molecule has 286 valence electrons. The van der Waals surface area contributed by atoms with Gasteiger partial charge in [0.1, 0.15) is 0 Å². The molecular formula is C41H81NO6. The summed E-state index contributed by atoms with van der Waals surface area (Å²) in [6.45, 7) is 11.1. The molecule has 1 unspecified atom stereocenters. The Morgan fingerprint density at radius 1 is 0.500 bits per heavy atom. The molecular weight excluding hydrogens is 602 g/mol. The van der Waals surface area contributed by atoms with E-state index in [1.54, 1.807) is 0 Å². The molecule has 0 rings (SSSR count). The van der Waals surface area contributed by atoms with Gasteiger partial charge >= 0.3 is 12.1 Å². The maximum Gasteiger partial charge on any atom is 0.508 e. The third kappa shape index (κ3) is 34.5. The van der Waals surface area contributed by atoms with Crippen LogP contribution >= 0.6 is 0 Å². The van der Waals surface area contributed by atoms with E-state index in [0.29, 0.717) is 38.7 Å². The van der Waals surface area contributed by atoms with Crippen molar-refractivity contribution in [2.45, 2.75) is 201 Å². The zero-order valence-electron chi connectivity index (χ0n) is 32.3. The maximum atomic E-state index is 12.5. The van der Waals surface area contributed by atoms with Crippen LogP contribution in [0.4, 0.5) is 4.79 Å². The number of hydrogen-bond donors (Lipinski definition) is 1. The van der Waals surface area contributed by atoms with Gasteiger partial charge in [0.15, 0.2) is 0 Å². The second-order valence-electron chi connectivity index (χ2n) is 14.2. The molecule has 0 saturated heterocycles. The Kier molecular flexibility index (Phi) is 37.4. The molecule has 0 saturated carbocycles. The number of rotatable bonds is 38. The molecule has 0 aliphatic heterocycles. The fraction of sp³-hybridized carbons (Fsp3) is 0.951. The normalized spacial score (nSPS) is 12.0. The van der Waals surface area contributed by atoms with Gasteiger partial charge in [-0.3, -0.25) is 4.79 Å². The summed E-state index contributed by atoms with van der Waals surface area (Å²) in [4.78, 5) is 26.5. The van der Waals surface area contributed by atoms with Crippen LogP contribution in [0.5, 0.6) is 0 Å². The smallest absolute Gasteiger partial charge is 0.465 e. The van der Waals surface area contributed by atoms with Crippen molar-refractivity contribution in [2.75, 3.05) is 46.1 Å². The second kappa shape index (κ2) is 38.5. The third-order valence-corrected chi connectivity index (χ3v) is 9.49. The highest BCUT2D eigenvalue weighted by Gasteiger charge is 2.13. The summed E-state index contributed by atoms with van der Waals surface area (Å²) in [7, 11) is 0. The van der Waals surface area contributed by atoms with Gasteiger partial charge < -0.3 is 24.2 Å². The van der Waals surface area contributed by atoms with Crippen LogP contribution in [0.3, 0.4) is 0 Å². The van der Waals surface area contributed by atoms with Gasteiger partial charge in [0.25, 0.3) is 0 Å². The van der Waals surface area contributed by atoms with Gasteiger partial charge in [0.2, 0.25) is 0 Å². The fourth-order valence-electron chi connectivity index (χ4n) is 6.31. The van der Waals surface area contributed by atoms with Crippen molar-refractivity contribution in [3.8, 4) is 0 Å². The Bertz CT molecular complexity index is 675. The minimum absolute atomic E-state index is 0.0239. The maximum absolute atomic E-state index is 12.5. The van der Waals surface area contributed by atoms with Crippen LogP contribution in [0, 0.1) is 5.92 Å². The lowest BCUT2D eigenvalue weighted by atomic mass is 9.95. The highest BCUT2D eigenvalue weighted by molar-refractivity contribution is 5.69. The van der Waals surface area contributed by atoms with Crippen molar-refractivity contribution in [1.29, 1.82) is 0 Å². The van der Waals surface area contributed by atoms with Crippen LogP contribution in [0.15, 0.2) is 0 Å². The predicted octanol–water partition coefficient (Wildman–Crippen LogP) is 11.6. The van der Waals surface area contributed by atoms with Crippen LogP contribution in [0.25, 0.3) is 0 Å². The molecule has 0 fully saturated rings. The Balaban J connectivity index is 3.88. The van der Waals surface area contributed by atoms with Crippen molar-refractivity contribution >= 4 is 12.1 Å². The van der Waals surface area contributed by atoms with E-state index < -0.39 is 6.16 Å². The summed E-state index contributed by atoms with van der Waals surface area (Å²) < 4.78 is 16.1. The summed E-state index contributed by atoms with van der Waals surface area (Å²) >= 11 is 0. The number of unbranched alkanes of at least 4 members (excludes halogenated alkanes) is 20. The van der Waals surface area contributed by atoms with Gasteiger partial charge in [-0.05, 0) is 64.0 Å². The van der Waals surface area contributed by atoms with Gasteiger partial charge in [0, 0.05) is 13.0 Å². The number of carbonyl (C=O) groups excluding carboxylic acids is 2. The molecule has 7 heteroatoms. The molecule has 0 spiro atoms. The van der Waals surface area contributed by atoms with E-state index in [9.17, 15) is 14.7 Å². The first kappa shape index (κ1) is 46.7. The molecule has 0 aliphatic rings. The summed E-state index contributed by atoms with van der Waals surface area (Å²) in [6.07, 6.45) is 31.9. The number of carbonyl (C=O) groups is 2. The largest absolute Gasteiger partial charge is 0.508 e. The van der Waals surface area contributed by atoms with Gasteiger partial charge in [0.05, 0.1) is 26.4 Å². The lowest BCUT2D eigenvalue weighted by Gasteiger charge is -2.21. The van der Waals surface area contributed by atoms with E-state index in [2.05, 4.69) is 25.7 Å². The molecule has 0 radical (unpaired) electrons. The minimum Gasteiger partial charge on any atom is -0.465 e. The van der Waals surface area contributed by atoms with Crippen molar-refractivity contribution in [3.63, 3.8) is 0 Å². The van der Waals surface area contributed by atoms with E-state index >= 15 is 0 Å². The number of ether oxygens (including phenoxy) is 3. The van der Waals surface area contributed by atoms with Crippen LogP contribution in [-0.4, -0.2) is 68.2 Å². The molecule has 0 heterocycles. The zero-order valence-corrected chi connectivity index (χ0v) is 32.3. The summed E-state index contributed by atoms with van der Waals surface area (Å²) in [6, 6.07) is 0. The summed E-state index contributed by atoms with van der Waals surface area (Å²) in [5, 5.41) is 9.50. The average molecular weight is 684 g/mol. The molecule has 0 aliphatic carbocycles. The fourth-order valence-corrected chi connectivity index (χ4v) is 6.31. The number of nitrogens with zero attached hydrogens (tertiary/aromatic N) is 1. The molecule has 0 aromatic heterocycles. The molecule has 48 heavy (non-hydrogen) atoms. The Labute approximate surface area is 298 Å². The van der Waals surface area contributed by atoms with Gasteiger partial charge in [-0.15, -0.1) is 0 Å². The van der Waals surface area contributed by atoms with Crippen LogP contribution in [0.1, 0.15) is 201 Å². The first-order valence-corrected chi connectivity index (χ1v) is 20.9. The molecule has 0 bridgehead atoms. The molecule has 0 aromatic rings. The van der Waals surface area contributed by atoms with Crippen LogP contribution in [-0.2, 0) is 19.0 Å². The highest BCUT2D eigenvalue weighted by atomic mass is 16.7. The van der Waals surface area contributed by atoms with Gasteiger partial charge in [-0.2, -0.15) is 0 Å². The molecule has 0 aromatic carbocycles. The highest BCUT2D eigenvalue weighted by Crippen LogP contribution is 2.20. The first-order valence-electron chi connectivity index (χ1n) is 20.9.